The van der Waals surface area contributed by atoms with Crippen molar-refractivity contribution in [2.75, 3.05) is 54.1 Å². The molecule has 0 fully saturated rings. The number of amides is 2. The van der Waals surface area contributed by atoms with Crippen molar-refractivity contribution in [2.24, 2.45) is 0 Å². The van der Waals surface area contributed by atoms with E-state index < -0.39 is 11.6 Å². The third kappa shape index (κ3) is 6.84. The molecule has 0 bridgehead atoms. The normalized spacial score (nSPS) is 17.1. The minimum Gasteiger partial charge on any atom is -0.490 e. The Labute approximate surface area is 311 Å². The fraction of sp³-hybridized carbons (Fsp3) is 0.350. The van der Waals surface area contributed by atoms with Crippen LogP contribution in [0.4, 0.5) is 8.78 Å². The molecule has 2 aromatic carbocycles. The number of likely N-dealkylation sites (N-methyl/N-ethyl adjacent to an activating group) is 1. The van der Waals surface area contributed by atoms with Crippen molar-refractivity contribution in [2.45, 2.75) is 38.9 Å². The Morgan fingerprint density at radius 1 is 1.06 bits per heavy atom. The van der Waals surface area contributed by atoms with Crippen LogP contribution in [0.15, 0.2) is 60.5 Å². The summed E-state index contributed by atoms with van der Waals surface area (Å²) in [6, 6.07) is 11.7. The molecule has 0 radical (unpaired) electrons. The van der Waals surface area contributed by atoms with Crippen molar-refractivity contribution in [3.63, 3.8) is 0 Å². The molecule has 2 atom stereocenters. The van der Waals surface area contributed by atoms with E-state index in [2.05, 4.69) is 29.7 Å². The van der Waals surface area contributed by atoms with E-state index in [0.717, 1.165) is 40.6 Å². The molecule has 276 valence electrons. The predicted octanol–water partition coefficient (Wildman–Crippen LogP) is 6.89. The number of pyridine rings is 1. The maximum atomic E-state index is 16.3. The van der Waals surface area contributed by atoms with Crippen LogP contribution in [0.5, 0.6) is 5.75 Å². The third-order valence-electron chi connectivity index (χ3n) is 10.1. The van der Waals surface area contributed by atoms with Crippen molar-refractivity contribution in [1.82, 2.24) is 29.5 Å². The van der Waals surface area contributed by atoms with Crippen LogP contribution in [0.2, 0.25) is 0 Å². The Kier molecular flexibility index (Phi) is 10.2. The van der Waals surface area contributed by atoms with Crippen LogP contribution in [0.1, 0.15) is 42.8 Å². The van der Waals surface area contributed by atoms with Crippen molar-refractivity contribution < 1.29 is 27.8 Å². The number of hydrogen-bond acceptors (Lipinski definition) is 8. The zero-order valence-corrected chi connectivity index (χ0v) is 31.3. The number of fused-ring (bicyclic) bond motifs is 3. The summed E-state index contributed by atoms with van der Waals surface area (Å²) in [6.07, 6.45) is 2.13. The summed E-state index contributed by atoms with van der Waals surface area (Å²) in [6.45, 7) is 10.1. The second-order valence-electron chi connectivity index (χ2n) is 13.8. The summed E-state index contributed by atoms with van der Waals surface area (Å²) in [5, 5.41) is 7.70. The molecule has 10 nitrogen and oxygen atoms in total. The topological polar surface area (TPSA) is 93.0 Å². The molecule has 0 unspecified atom stereocenters. The van der Waals surface area contributed by atoms with Gasteiger partial charge >= 0.3 is 0 Å². The molecule has 2 aliphatic rings. The lowest BCUT2D eigenvalue weighted by Crippen LogP contribution is -2.42. The molecule has 13 heteroatoms. The summed E-state index contributed by atoms with van der Waals surface area (Å²) in [5.41, 5.74) is 6.07. The van der Waals surface area contributed by atoms with Gasteiger partial charge in [-0.3, -0.25) is 19.2 Å². The van der Waals surface area contributed by atoms with Gasteiger partial charge in [-0.2, -0.15) is 5.10 Å². The lowest BCUT2D eigenvalue weighted by atomic mass is 9.93. The van der Waals surface area contributed by atoms with Gasteiger partial charge in [0.25, 0.3) is 0 Å². The number of aromatic nitrogens is 3. The first-order chi connectivity index (χ1) is 25.5. The molecule has 53 heavy (non-hydrogen) atoms. The Hall–Kier alpha value is -4.98. The van der Waals surface area contributed by atoms with Gasteiger partial charge in [0.05, 0.1) is 46.9 Å². The number of ether oxygens (including phenoxy) is 2. The second kappa shape index (κ2) is 14.8. The first-order valence-corrected chi connectivity index (χ1v) is 18.5. The monoisotopic (exact) mass is 740 g/mol. The van der Waals surface area contributed by atoms with E-state index in [4.69, 9.17) is 19.6 Å². The van der Waals surface area contributed by atoms with E-state index in [9.17, 15) is 14.0 Å². The highest BCUT2D eigenvalue weighted by atomic mass is 32.1. The Morgan fingerprint density at radius 3 is 2.62 bits per heavy atom. The molecule has 5 heterocycles. The van der Waals surface area contributed by atoms with Crippen molar-refractivity contribution >= 4 is 33.2 Å². The Balaban J connectivity index is 1.44. The maximum absolute atomic E-state index is 16.3. The molecule has 0 spiro atoms. The second-order valence-corrected chi connectivity index (χ2v) is 14.7. The zero-order chi connectivity index (χ0) is 37.6. The largest absolute Gasteiger partial charge is 0.490 e. The van der Waals surface area contributed by atoms with Gasteiger partial charge in [0.15, 0.2) is 0 Å². The number of thiophene rings is 1. The molecule has 2 amide bonds. The van der Waals surface area contributed by atoms with Gasteiger partial charge in [-0.15, -0.1) is 11.3 Å². The van der Waals surface area contributed by atoms with Gasteiger partial charge in [-0.1, -0.05) is 18.7 Å². The van der Waals surface area contributed by atoms with Gasteiger partial charge in [0.2, 0.25) is 11.8 Å². The van der Waals surface area contributed by atoms with Gasteiger partial charge in [-0.25, -0.2) is 13.8 Å². The molecule has 0 aliphatic carbocycles. The van der Waals surface area contributed by atoms with Crippen molar-refractivity contribution in [1.29, 1.82) is 0 Å². The van der Waals surface area contributed by atoms with Gasteiger partial charge in [-0.05, 0) is 61.1 Å². The number of nitrogens with zero attached hydrogens (tertiary/aromatic N) is 6. The number of methoxy groups -OCH3 is 1. The molecule has 0 saturated heterocycles. The minimum atomic E-state index is -0.796. The van der Waals surface area contributed by atoms with Crippen molar-refractivity contribution in [3.8, 4) is 39.5 Å². The summed E-state index contributed by atoms with van der Waals surface area (Å²) >= 11 is 1.48. The Bertz CT molecular complexity index is 2230. The Morgan fingerprint density at radius 2 is 1.87 bits per heavy atom. The highest BCUT2D eigenvalue weighted by Gasteiger charge is 2.34. The number of carbonyl (C=O) groups is 2. The average Bonchev–Trinajstić information content (AvgIpc) is 3.81. The zero-order valence-electron chi connectivity index (χ0n) is 30.5. The van der Waals surface area contributed by atoms with Crippen LogP contribution >= 0.6 is 11.3 Å². The first-order valence-electron chi connectivity index (χ1n) is 17.6. The maximum Gasteiger partial charge on any atom is 0.246 e. The van der Waals surface area contributed by atoms with Crippen LogP contribution in [-0.4, -0.2) is 95.3 Å². The molecule has 7 rings (SSSR count). The number of carbonyl (C=O) groups excluding carboxylic acids is 2. The number of hydrogen-bond donors (Lipinski definition) is 0. The van der Waals surface area contributed by atoms with E-state index in [-0.39, 0.29) is 48.4 Å². The summed E-state index contributed by atoms with van der Waals surface area (Å²) in [4.78, 5) is 36.2. The summed E-state index contributed by atoms with van der Waals surface area (Å²) in [7, 11) is 5.05. The molecular formula is C40H42F2N6O4S. The number of halogens is 2. The number of rotatable bonds is 10. The summed E-state index contributed by atoms with van der Waals surface area (Å²) < 4.78 is 44.9. The van der Waals surface area contributed by atoms with Crippen LogP contribution in [-0.2, 0) is 27.3 Å². The molecule has 2 aliphatic heterocycles. The standard InChI is InChI=1S/C40H42F2N6O4S/c1-7-34(49)47-20-23(2)48-32(24(47)3)19-31(44-48)39-36(37-30(42)17-28(41)18-33(37)52-14-13-51-6)29-11-15-53-40(29)38(43-39)26-9-8-25-10-12-46(21-27(25)16-26)22-35(50)45(4)5/h7-9,11,15-19,23-24H,1,10,12-14,20-22H2,2-6H3/t23-,24+/m0/s1. The van der Waals surface area contributed by atoms with E-state index in [1.165, 1.54) is 36.2 Å². The smallest absolute Gasteiger partial charge is 0.246 e. The lowest BCUT2D eigenvalue weighted by molar-refractivity contribution is -0.130. The molecule has 5 aromatic rings. The van der Waals surface area contributed by atoms with Crippen LogP contribution < -0.4 is 4.74 Å². The van der Waals surface area contributed by atoms with Crippen LogP contribution in [0.25, 0.3) is 43.9 Å². The SMILES string of the molecule is C=CC(=O)N1C[C@H](C)n2nc(-c3nc(-c4ccc5c(c4)CN(CC(=O)N(C)C)CC5)c4sccc4c3-c3c(F)cc(F)cc3OCCOC)cc2[C@H]1C. The first kappa shape index (κ1) is 36.4. The fourth-order valence-electron chi connectivity index (χ4n) is 7.31. The minimum absolute atomic E-state index is 0.0254. The van der Waals surface area contributed by atoms with E-state index in [1.54, 1.807) is 23.9 Å². The third-order valence-corrected chi connectivity index (χ3v) is 11.0. The van der Waals surface area contributed by atoms with E-state index in [0.29, 0.717) is 47.7 Å². The van der Waals surface area contributed by atoms with Crippen molar-refractivity contribution in [3.05, 3.63) is 89.0 Å². The molecule has 0 N–H and O–H groups in total. The lowest BCUT2D eigenvalue weighted by Gasteiger charge is -2.36. The molecule has 0 saturated carbocycles. The van der Waals surface area contributed by atoms with Gasteiger partial charge < -0.3 is 19.3 Å². The highest BCUT2D eigenvalue weighted by Crippen LogP contribution is 2.47. The van der Waals surface area contributed by atoms with E-state index >= 15 is 4.39 Å². The van der Waals surface area contributed by atoms with Gasteiger partial charge in [0.1, 0.15) is 35.4 Å². The quantitative estimate of drug-likeness (QED) is 0.114. The van der Waals surface area contributed by atoms with Crippen LogP contribution in [0, 0.1) is 11.6 Å². The van der Waals surface area contributed by atoms with Crippen LogP contribution in [0.3, 0.4) is 0 Å². The fourth-order valence-corrected chi connectivity index (χ4v) is 8.22. The predicted molar refractivity (Wildman–Crippen MR) is 202 cm³/mol. The average molecular weight is 741 g/mol. The highest BCUT2D eigenvalue weighted by molar-refractivity contribution is 7.17. The summed E-state index contributed by atoms with van der Waals surface area (Å²) in [5.74, 6) is -1.67. The number of benzene rings is 2. The molecule has 3 aromatic heterocycles. The molecular weight excluding hydrogens is 699 g/mol. The van der Waals surface area contributed by atoms with Gasteiger partial charge in [0, 0.05) is 69.5 Å². The van der Waals surface area contributed by atoms with E-state index in [1.807, 2.05) is 36.0 Å².